The molecule has 0 amide bonds. The third kappa shape index (κ3) is 2.29. The van der Waals surface area contributed by atoms with E-state index >= 15 is 0 Å². The van der Waals surface area contributed by atoms with Crippen molar-refractivity contribution in [2.24, 2.45) is 5.10 Å². The van der Waals surface area contributed by atoms with Crippen molar-refractivity contribution in [3.05, 3.63) is 83.1 Å². The molecule has 2 aliphatic carbocycles. The number of ketones is 1. The van der Waals surface area contributed by atoms with Gasteiger partial charge in [0.2, 0.25) is 0 Å². The number of allylic oxidation sites excluding steroid dienone is 4. The number of benzene rings is 2. The average Bonchev–Trinajstić information content (AvgIpc) is 2.94. The summed E-state index contributed by atoms with van der Waals surface area (Å²) in [7, 11) is 0. The van der Waals surface area contributed by atoms with Crippen LogP contribution in [0.4, 0.5) is 0 Å². The molecule has 2 aromatic rings. The summed E-state index contributed by atoms with van der Waals surface area (Å²) in [5, 5.41) is 4.53. The SMILES string of the molecule is O=CC1=C(NN=C2c3ccccc3-c3ccccc32)CC(=O)C=C1. The summed E-state index contributed by atoms with van der Waals surface area (Å²) in [6.07, 6.45) is 3.84. The molecule has 0 fully saturated rings. The van der Waals surface area contributed by atoms with Crippen LogP contribution in [-0.2, 0) is 9.59 Å². The Hall–Kier alpha value is -3.27. The zero-order chi connectivity index (χ0) is 16.5. The minimum atomic E-state index is -0.0458. The second kappa shape index (κ2) is 5.74. The van der Waals surface area contributed by atoms with E-state index in [1.54, 1.807) is 0 Å². The molecule has 0 radical (unpaired) electrons. The first-order chi connectivity index (χ1) is 11.8. The van der Waals surface area contributed by atoms with Gasteiger partial charge in [0.05, 0.1) is 17.8 Å². The summed E-state index contributed by atoms with van der Waals surface area (Å²) < 4.78 is 0. The lowest BCUT2D eigenvalue weighted by Crippen LogP contribution is -2.17. The number of nitrogens with one attached hydrogen (secondary N) is 1. The van der Waals surface area contributed by atoms with Crippen molar-refractivity contribution in [2.75, 3.05) is 0 Å². The lowest BCUT2D eigenvalue weighted by atomic mass is 10.0. The Kier molecular flexibility index (Phi) is 3.43. The molecule has 0 atom stereocenters. The van der Waals surface area contributed by atoms with Crippen LogP contribution in [0.1, 0.15) is 17.5 Å². The summed E-state index contributed by atoms with van der Waals surface area (Å²) in [4.78, 5) is 22.8. The number of hydrogen-bond donors (Lipinski definition) is 1. The van der Waals surface area contributed by atoms with Crippen LogP contribution < -0.4 is 5.43 Å². The van der Waals surface area contributed by atoms with E-state index in [4.69, 9.17) is 0 Å². The number of carbonyl (C=O) groups is 2. The summed E-state index contributed by atoms with van der Waals surface area (Å²) in [6, 6.07) is 16.1. The van der Waals surface area contributed by atoms with Crippen molar-refractivity contribution in [3.63, 3.8) is 0 Å². The van der Waals surface area contributed by atoms with Gasteiger partial charge in [0.1, 0.15) is 0 Å². The monoisotopic (exact) mass is 314 g/mol. The number of hydrogen-bond acceptors (Lipinski definition) is 4. The standard InChI is InChI=1S/C20H14N2O2/c23-12-13-9-10-14(24)11-19(13)21-22-20-17-7-3-1-5-15(17)16-6-2-4-8-18(16)20/h1-10,12,21H,11H2. The summed E-state index contributed by atoms with van der Waals surface area (Å²) >= 11 is 0. The zero-order valence-electron chi connectivity index (χ0n) is 12.8. The van der Waals surface area contributed by atoms with Gasteiger partial charge in [0, 0.05) is 16.7 Å². The maximum Gasteiger partial charge on any atom is 0.161 e. The van der Waals surface area contributed by atoms with Crippen molar-refractivity contribution in [1.82, 2.24) is 5.43 Å². The Morgan fingerprint density at radius 1 is 0.875 bits per heavy atom. The van der Waals surface area contributed by atoms with Crippen molar-refractivity contribution in [3.8, 4) is 11.1 Å². The maximum atomic E-state index is 11.6. The molecule has 0 bridgehead atoms. The molecule has 0 spiro atoms. The topological polar surface area (TPSA) is 58.5 Å². The molecule has 1 N–H and O–H groups in total. The second-order valence-electron chi connectivity index (χ2n) is 5.69. The lowest BCUT2D eigenvalue weighted by Gasteiger charge is -2.12. The predicted octanol–water partition coefficient (Wildman–Crippen LogP) is 2.99. The molecule has 0 saturated carbocycles. The van der Waals surface area contributed by atoms with E-state index in [0.717, 1.165) is 34.3 Å². The highest BCUT2D eigenvalue weighted by atomic mass is 16.1. The van der Waals surface area contributed by atoms with Gasteiger partial charge in [0.25, 0.3) is 0 Å². The molecule has 116 valence electrons. The Labute approximate surface area is 139 Å². The van der Waals surface area contributed by atoms with Gasteiger partial charge in [-0.2, -0.15) is 5.10 Å². The summed E-state index contributed by atoms with van der Waals surface area (Å²) in [5.41, 5.74) is 9.10. The van der Waals surface area contributed by atoms with Crippen LogP contribution in [0.2, 0.25) is 0 Å². The summed E-state index contributed by atoms with van der Waals surface area (Å²) in [5.74, 6) is -0.0458. The quantitative estimate of drug-likeness (QED) is 0.597. The molecule has 0 heterocycles. The van der Waals surface area contributed by atoms with Gasteiger partial charge in [-0.1, -0.05) is 48.5 Å². The molecule has 4 nitrogen and oxygen atoms in total. The molecule has 0 aromatic heterocycles. The first kappa shape index (κ1) is 14.3. The Morgan fingerprint density at radius 2 is 1.46 bits per heavy atom. The van der Waals surface area contributed by atoms with Gasteiger partial charge in [-0.3, -0.25) is 15.0 Å². The van der Waals surface area contributed by atoms with Gasteiger partial charge in [-0.15, -0.1) is 0 Å². The zero-order valence-corrected chi connectivity index (χ0v) is 12.8. The highest BCUT2D eigenvalue weighted by molar-refractivity contribution is 6.24. The fourth-order valence-electron chi connectivity index (χ4n) is 3.07. The molecule has 0 aliphatic heterocycles. The molecule has 24 heavy (non-hydrogen) atoms. The Morgan fingerprint density at radius 3 is 2.04 bits per heavy atom. The van der Waals surface area contributed by atoms with Crippen molar-refractivity contribution in [1.29, 1.82) is 0 Å². The molecule has 0 saturated heterocycles. The highest BCUT2D eigenvalue weighted by Gasteiger charge is 2.24. The van der Waals surface area contributed by atoms with E-state index in [1.807, 2.05) is 36.4 Å². The molecule has 4 heteroatoms. The van der Waals surface area contributed by atoms with Crippen LogP contribution in [0.5, 0.6) is 0 Å². The normalized spacial score (nSPS) is 15.2. The molecule has 0 unspecified atom stereocenters. The third-order valence-corrected chi connectivity index (χ3v) is 4.23. The average molecular weight is 314 g/mol. The molecule has 4 rings (SSSR count). The molecule has 2 aliphatic rings. The number of rotatable bonds is 3. The predicted molar refractivity (Wildman–Crippen MR) is 92.5 cm³/mol. The molecular formula is C20H14N2O2. The van der Waals surface area contributed by atoms with Crippen molar-refractivity contribution < 1.29 is 9.59 Å². The third-order valence-electron chi connectivity index (χ3n) is 4.23. The minimum Gasteiger partial charge on any atom is -0.298 e. The fourth-order valence-corrected chi connectivity index (χ4v) is 3.07. The largest absolute Gasteiger partial charge is 0.298 e. The number of fused-ring (bicyclic) bond motifs is 3. The number of hydrazone groups is 1. The van der Waals surface area contributed by atoms with E-state index < -0.39 is 0 Å². The van der Waals surface area contributed by atoms with Crippen LogP contribution in [-0.4, -0.2) is 17.8 Å². The van der Waals surface area contributed by atoms with Gasteiger partial charge in [0.15, 0.2) is 12.1 Å². The van der Waals surface area contributed by atoms with E-state index in [-0.39, 0.29) is 12.2 Å². The van der Waals surface area contributed by atoms with Crippen molar-refractivity contribution >= 4 is 17.8 Å². The first-order valence-corrected chi connectivity index (χ1v) is 7.70. The smallest absolute Gasteiger partial charge is 0.161 e. The van der Waals surface area contributed by atoms with Crippen molar-refractivity contribution in [2.45, 2.75) is 6.42 Å². The van der Waals surface area contributed by atoms with Gasteiger partial charge >= 0.3 is 0 Å². The van der Waals surface area contributed by atoms with Crippen LogP contribution >= 0.6 is 0 Å². The highest BCUT2D eigenvalue weighted by Crippen LogP contribution is 2.36. The number of nitrogens with zero attached hydrogens (tertiary/aromatic N) is 1. The van der Waals surface area contributed by atoms with E-state index in [0.29, 0.717) is 11.3 Å². The van der Waals surface area contributed by atoms with Crippen LogP contribution in [0.15, 0.2) is 77.1 Å². The van der Waals surface area contributed by atoms with E-state index in [9.17, 15) is 9.59 Å². The Bertz CT molecular complexity index is 904. The van der Waals surface area contributed by atoms with Crippen LogP contribution in [0.25, 0.3) is 11.1 Å². The molecular weight excluding hydrogens is 300 g/mol. The van der Waals surface area contributed by atoms with Crippen LogP contribution in [0, 0.1) is 0 Å². The number of carbonyl (C=O) groups excluding carboxylic acids is 2. The maximum absolute atomic E-state index is 11.6. The first-order valence-electron chi connectivity index (χ1n) is 7.70. The second-order valence-corrected chi connectivity index (χ2v) is 5.69. The minimum absolute atomic E-state index is 0.0458. The van der Waals surface area contributed by atoms with Gasteiger partial charge in [-0.05, 0) is 23.3 Å². The fraction of sp³-hybridized carbons (Fsp3) is 0.0500. The molecule has 2 aromatic carbocycles. The lowest BCUT2D eigenvalue weighted by molar-refractivity contribution is -0.114. The van der Waals surface area contributed by atoms with Gasteiger partial charge in [-0.25, -0.2) is 0 Å². The van der Waals surface area contributed by atoms with Gasteiger partial charge < -0.3 is 0 Å². The van der Waals surface area contributed by atoms with Crippen LogP contribution in [0.3, 0.4) is 0 Å². The summed E-state index contributed by atoms with van der Waals surface area (Å²) in [6.45, 7) is 0. The van der Waals surface area contributed by atoms with E-state index in [1.165, 1.54) is 12.2 Å². The number of aldehydes is 1. The van der Waals surface area contributed by atoms with E-state index in [2.05, 4.69) is 22.7 Å². The Balaban J connectivity index is 1.78.